The van der Waals surface area contributed by atoms with Gasteiger partial charge in [-0.3, -0.25) is 0 Å². The number of nitrogens with zero attached hydrogens (tertiary/aromatic N) is 4. The Labute approximate surface area is 219 Å². The quantitative estimate of drug-likeness (QED) is 0.260. The highest BCUT2D eigenvalue weighted by Crippen LogP contribution is 2.32. The molecule has 0 bridgehead atoms. The number of fused-ring (bicyclic) bond motifs is 1. The highest BCUT2D eigenvalue weighted by atomic mass is 16.5. The standard InChI is InChI=1S/C31H23N5O2/c1-37-25-16-14-22(15-17-25)29-23(20-36(35-29)24-10-3-2-4-11-24)19-33-31-28(18-32)34-30(38-31)27-13-7-9-21-8-5-6-12-26(21)27/h2-17,20,33H,19H2,1H3. The maximum absolute atomic E-state index is 9.78. The zero-order valence-electron chi connectivity index (χ0n) is 20.6. The molecule has 0 amide bonds. The Balaban J connectivity index is 1.35. The van der Waals surface area contributed by atoms with E-state index in [9.17, 15) is 5.26 Å². The first-order valence-electron chi connectivity index (χ1n) is 12.1. The lowest BCUT2D eigenvalue weighted by molar-refractivity contribution is 0.415. The van der Waals surface area contributed by atoms with Gasteiger partial charge >= 0.3 is 0 Å². The van der Waals surface area contributed by atoms with Crippen molar-refractivity contribution in [1.29, 1.82) is 5.26 Å². The predicted octanol–water partition coefficient (Wildman–Crippen LogP) is 6.84. The number of hydrogen-bond acceptors (Lipinski definition) is 6. The molecular weight excluding hydrogens is 474 g/mol. The van der Waals surface area contributed by atoms with Crippen molar-refractivity contribution in [3.63, 3.8) is 0 Å². The molecule has 0 fully saturated rings. The molecule has 0 saturated heterocycles. The molecule has 0 spiro atoms. The van der Waals surface area contributed by atoms with Gasteiger partial charge in [0, 0.05) is 29.4 Å². The third kappa shape index (κ3) is 4.36. The lowest BCUT2D eigenvalue weighted by Crippen LogP contribution is -2.00. The largest absolute Gasteiger partial charge is 0.497 e. The van der Waals surface area contributed by atoms with Crippen LogP contribution in [0.15, 0.2) is 108 Å². The predicted molar refractivity (Wildman–Crippen MR) is 147 cm³/mol. The van der Waals surface area contributed by atoms with E-state index in [2.05, 4.69) is 16.4 Å². The zero-order chi connectivity index (χ0) is 25.9. The summed E-state index contributed by atoms with van der Waals surface area (Å²) in [6.45, 7) is 0.382. The van der Waals surface area contributed by atoms with Crippen LogP contribution >= 0.6 is 0 Å². The molecule has 7 heteroatoms. The Bertz CT molecular complexity index is 1760. The fourth-order valence-electron chi connectivity index (χ4n) is 4.46. The number of benzene rings is 4. The van der Waals surface area contributed by atoms with Crippen LogP contribution in [0.2, 0.25) is 0 Å². The maximum atomic E-state index is 9.78. The second-order valence-corrected chi connectivity index (χ2v) is 8.70. The molecule has 4 aromatic carbocycles. The van der Waals surface area contributed by atoms with Crippen LogP contribution in [-0.4, -0.2) is 21.9 Å². The van der Waals surface area contributed by atoms with Gasteiger partial charge in [0.2, 0.25) is 17.5 Å². The number of ether oxygens (including phenoxy) is 1. The average Bonchev–Trinajstić information content (AvgIpc) is 3.60. The summed E-state index contributed by atoms with van der Waals surface area (Å²) in [4.78, 5) is 4.49. The topological polar surface area (TPSA) is 88.9 Å². The fraction of sp³-hybridized carbons (Fsp3) is 0.0645. The van der Waals surface area contributed by atoms with Gasteiger partial charge in [-0.1, -0.05) is 54.6 Å². The first-order valence-corrected chi connectivity index (χ1v) is 12.1. The van der Waals surface area contributed by atoms with E-state index in [-0.39, 0.29) is 5.69 Å². The summed E-state index contributed by atoms with van der Waals surface area (Å²) in [5.74, 6) is 1.50. The number of nitriles is 1. The average molecular weight is 498 g/mol. The summed E-state index contributed by atoms with van der Waals surface area (Å²) in [6, 6.07) is 33.8. The molecular formula is C31H23N5O2. The minimum Gasteiger partial charge on any atom is -0.497 e. The number of nitrogens with one attached hydrogen (secondary N) is 1. The van der Waals surface area contributed by atoms with Crippen LogP contribution < -0.4 is 10.1 Å². The van der Waals surface area contributed by atoms with Crippen LogP contribution in [0.25, 0.3) is 39.2 Å². The number of para-hydroxylation sites is 1. The number of aromatic nitrogens is 3. The van der Waals surface area contributed by atoms with E-state index in [0.29, 0.717) is 18.3 Å². The van der Waals surface area contributed by atoms with Gasteiger partial charge in [0.25, 0.3) is 0 Å². The summed E-state index contributed by atoms with van der Waals surface area (Å²) < 4.78 is 13.3. The van der Waals surface area contributed by atoms with Crippen molar-refractivity contribution >= 4 is 16.7 Å². The van der Waals surface area contributed by atoms with E-state index in [1.54, 1.807) is 7.11 Å². The van der Waals surface area contributed by atoms with Crippen molar-refractivity contribution in [2.24, 2.45) is 0 Å². The van der Waals surface area contributed by atoms with E-state index < -0.39 is 0 Å². The summed E-state index contributed by atoms with van der Waals surface area (Å²) in [6.07, 6.45) is 1.98. The molecule has 0 unspecified atom stereocenters. The van der Waals surface area contributed by atoms with E-state index in [1.807, 2.05) is 108 Å². The van der Waals surface area contributed by atoms with Gasteiger partial charge < -0.3 is 14.5 Å². The Kier molecular flexibility index (Phi) is 6.04. The van der Waals surface area contributed by atoms with Gasteiger partial charge in [-0.25, -0.2) is 4.68 Å². The minimum absolute atomic E-state index is 0.203. The number of oxazole rings is 1. The van der Waals surface area contributed by atoms with E-state index in [1.165, 1.54) is 0 Å². The van der Waals surface area contributed by atoms with Crippen molar-refractivity contribution < 1.29 is 9.15 Å². The summed E-state index contributed by atoms with van der Waals surface area (Å²) in [5, 5.41) is 20.0. The SMILES string of the molecule is COc1ccc(-c2nn(-c3ccccc3)cc2CNc2oc(-c3cccc4ccccc34)nc2C#N)cc1. The maximum Gasteiger partial charge on any atom is 0.232 e. The summed E-state index contributed by atoms with van der Waals surface area (Å²) >= 11 is 0. The van der Waals surface area contributed by atoms with E-state index >= 15 is 0 Å². The molecule has 2 heterocycles. The normalized spacial score (nSPS) is 10.8. The summed E-state index contributed by atoms with van der Waals surface area (Å²) in [7, 11) is 1.64. The first-order chi connectivity index (χ1) is 18.7. The van der Waals surface area contributed by atoms with Gasteiger partial charge in [0.15, 0.2) is 0 Å². The van der Waals surface area contributed by atoms with Crippen molar-refractivity contribution in [3.8, 4) is 40.2 Å². The van der Waals surface area contributed by atoms with Crippen molar-refractivity contribution in [3.05, 3.63) is 115 Å². The highest BCUT2D eigenvalue weighted by molar-refractivity contribution is 5.94. The number of rotatable bonds is 7. The molecule has 0 aliphatic carbocycles. The number of methoxy groups -OCH3 is 1. The van der Waals surface area contributed by atoms with Gasteiger partial charge in [-0.15, -0.1) is 0 Å². The fourth-order valence-corrected chi connectivity index (χ4v) is 4.46. The molecule has 0 radical (unpaired) electrons. The molecule has 6 aromatic rings. The molecule has 38 heavy (non-hydrogen) atoms. The van der Waals surface area contributed by atoms with Gasteiger partial charge in [-0.2, -0.15) is 15.3 Å². The Morgan fingerprint density at radius 3 is 2.47 bits per heavy atom. The Morgan fingerprint density at radius 1 is 0.921 bits per heavy atom. The zero-order valence-corrected chi connectivity index (χ0v) is 20.6. The smallest absolute Gasteiger partial charge is 0.232 e. The molecule has 1 N–H and O–H groups in total. The first kappa shape index (κ1) is 23.1. The monoisotopic (exact) mass is 497 g/mol. The lowest BCUT2D eigenvalue weighted by Gasteiger charge is -2.05. The van der Waals surface area contributed by atoms with Gasteiger partial charge in [0.05, 0.1) is 18.5 Å². The van der Waals surface area contributed by atoms with Crippen LogP contribution in [0.4, 0.5) is 5.88 Å². The summed E-state index contributed by atoms with van der Waals surface area (Å²) in [5.41, 5.74) is 4.69. The molecule has 0 saturated carbocycles. The number of anilines is 1. The second-order valence-electron chi connectivity index (χ2n) is 8.70. The molecule has 0 aliphatic rings. The third-order valence-corrected chi connectivity index (χ3v) is 6.37. The molecule has 0 aliphatic heterocycles. The van der Waals surface area contributed by atoms with Crippen molar-refractivity contribution in [1.82, 2.24) is 14.8 Å². The van der Waals surface area contributed by atoms with E-state index in [0.717, 1.165) is 44.6 Å². The molecule has 6 rings (SSSR count). The lowest BCUT2D eigenvalue weighted by atomic mass is 10.0. The van der Waals surface area contributed by atoms with Crippen molar-refractivity contribution in [2.75, 3.05) is 12.4 Å². The van der Waals surface area contributed by atoms with Crippen LogP contribution in [0.3, 0.4) is 0 Å². The second kappa shape index (κ2) is 9.96. The van der Waals surface area contributed by atoms with E-state index in [4.69, 9.17) is 14.3 Å². The van der Waals surface area contributed by atoms with Crippen LogP contribution in [0.5, 0.6) is 5.75 Å². The van der Waals surface area contributed by atoms with Crippen LogP contribution in [-0.2, 0) is 6.54 Å². The van der Waals surface area contributed by atoms with Crippen molar-refractivity contribution in [2.45, 2.75) is 6.54 Å². The Morgan fingerprint density at radius 2 is 1.68 bits per heavy atom. The molecule has 7 nitrogen and oxygen atoms in total. The molecule has 2 aromatic heterocycles. The number of hydrogen-bond donors (Lipinski definition) is 1. The third-order valence-electron chi connectivity index (χ3n) is 6.37. The van der Waals surface area contributed by atoms with Crippen LogP contribution in [0.1, 0.15) is 11.3 Å². The Hall–Kier alpha value is -5.35. The van der Waals surface area contributed by atoms with Gasteiger partial charge in [0.1, 0.15) is 11.8 Å². The molecule has 0 atom stereocenters. The van der Waals surface area contributed by atoms with Crippen LogP contribution in [0, 0.1) is 11.3 Å². The molecule has 184 valence electrons. The van der Waals surface area contributed by atoms with Gasteiger partial charge in [-0.05, 0) is 53.2 Å². The highest BCUT2D eigenvalue weighted by Gasteiger charge is 2.18. The minimum atomic E-state index is 0.203.